The summed E-state index contributed by atoms with van der Waals surface area (Å²) >= 11 is 0. The molecule has 0 spiro atoms. The Morgan fingerprint density at radius 1 is 1.08 bits per heavy atom. The second kappa shape index (κ2) is 13.7. The lowest BCUT2D eigenvalue weighted by atomic mass is 10.1. The number of nitrogens with two attached hydrogens (primary N) is 1. The summed E-state index contributed by atoms with van der Waals surface area (Å²) in [6, 6.07) is 6.42. The molecule has 0 radical (unpaired) electrons. The number of H-pyrrole nitrogens is 1. The summed E-state index contributed by atoms with van der Waals surface area (Å²) in [6.07, 6.45) is 1.75. The highest BCUT2D eigenvalue weighted by molar-refractivity contribution is 6.22. The number of carbonyl (C=O) groups excluding carboxylic acids is 4. The molecule has 5 N–H and O–H groups in total. The third-order valence-corrected chi connectivity index (χ3v) is 5.08. The number of fused-ring (bicyclic) bond motifs is 1. The number of hydrogen-bond acceptors (Lipinski definition) is 8. The Morgan fingerprint density at radius 2 is 1.81 bits per heavy atom. The summed E-state index contributed by atoms with van der Waals surface area (Å²) in [6.45, 7) is 6.42. The predicted octanol–water partition coefficient (Wildman–Crippen LogP) is 2.00. The molecule has 1 heterocycles. The van der Waals surface area contributed by atoms with Crippen molar-refractivity contribution in [3.05, 3.63) is 41.7 Å². The SMILES string of the molecule is CCOC(=O)CC[C@@H](NC(=O)CNC(=O)/C(C(C)=Nc1ccc2[nH]ccc2c1)=C(\C)N)C(=O)OCC. The van der Waals surface area contributed by atoms with Crippen LogP contribution in [0.1, 0.15) is 40.5 Å². The smallest absolute Gasteiger partial charge is 0.328 e. The van der Waals surface area contributed by atoms with E-state index >= 15 is 0 Å². The summed E-state index contributed by atoms with van der Waals surface area (Å²) < 4.78 is 9.82. The number of ether oxygens (including phenoxy) is 2. The van der Waals surface area contributed by atoms with Crippen molar-refractivity contribution >= 4 is 46.1 Å². The number of allylic oxidation sites excluding steroid dienone is 1. The average Bonchev–Trinajstić information content (AvgIpc) is 3.28. The van der Waals surface area contributed by atoms with Gasteiger partial charge in [0.25, 0.3) is 5.91 Å². The van der Waals surface area contributed by atoms with Crippen LogP contribution in [-0.4, -0.2) is 60.2 Å². The second-order valence-electron chi connectivity index (χ2n) is 7.90. The van der Waals surface area contributed by atoms with Crippen molar-refractivity contribution in [1.82, 2.24) is 15.6 Å². The molecule has 0 saturated carbocycles. The zero-order valence-corrected chi connectivity index (χ0v) is 21.0. The van der Waals surface area contributed by atoms with Crippen LogP contribution < -0.4 is 16.4 Å². The van der Waals surface area contributed by atoms with Crippen molar-refractivity contribution in [3.63, 3.8) is 0 Å². The van der Waals surface area contributed by atoms with Gasteiger partial charge in [0, 0.05) is 29.2 Å². The summed E-state index contributed by atoms with van der Waals surface area (Å²) in [7, 11) is 0. The number of amides is 2. The van der Waals surface area contributed by atoms with Crippen LogP contribution in [0.5, 0.6) is 0 Å². The van der Waals surface area contributed by atoms with Crippen molar-refractivity contribution in [2.24, 2.45) is 10.7 Å². The van der Waals surface area contributed by atoms with Crippen molar-refractivity contribution in [2.45, 2.75) is 46.6 Å². The molecule has 0 aliphatic rings. The standard InChI is InChI=1S/C25H33N5O6/c1-5-35-22(32)10-9-20(25(34)36-6-2)30-21(31)14-28-24(33)23(15(3)26)16(4)29-18-7-8-19-17(13-18)11-12-27-19/h7-8,11-13,20,27H,5-6,9-10,14,26H2,1-4H3,(H,28,33)(H,30,31)/b23-15+,29-16?/t20-/m1/s1. The van der Waals surface area contributed by atoms with E-state index in [2.05, 4.69) is 20.6 Å². The lowest BCUT2D eigenvalue weighted by molar-refractivity contribution is -0.148. The fraction of sp³-hybridized carbons (Fsp3) is 0.400. The normalized spacial score (nSPS) is 12.9. The van der Waals surface area contributed by atoms with E-state index in [1.54, 1.807) is 27.7 Å². The minimum Gasteiger partial charge on any atom is -0.466 e. The van der Waals surface area contributed by atoms with Crippen LogP contribution in [0.3, 0.4) is 0 Å². The number of aromatic nitrogens is 1. The second-order valence-corrected chi connectivity index (χ2v) is 7.90. The maximum Gasteiger partial charge on any atom is 0.328 e. The molecule has 1 atom stereocenters. The number of aliphatic imine (C=N–C) groups is 1. The molecule has 2 aromatic rings. The molecule has 1 aromatic carbocycles. The number of aromatic amines is 1. The number of nitrogens with one attached hydrogen (secondary N) is 3. The van der Waals surface area contributed by atoms with E-state index in [-0.39, 0.29) is 37.3 Å². The number of benzene rings is 1. The molecule has 0 unspecified atom stereocenters. The molecule has 0 bridgehead atoms. The highest BCUT2D eigenvalue weighted by Gasteiger charge is 2.24. The Kier molecular flexibility index (Phi) is 10.7. The van der Waals surface area contributed by atoms with E-state index in [9.17, 15) is 19.2 Å². The lowest BCUT2D eigenvalue weighted by Gasteiger charge is -2.17. The van der Waals surface area contributed by atoms with Crippen LogP contribution in [0.25, 0.3) is 10.9 Å². The van der Waals surface area contributed by atoms with Gasteiger partial charge >= 0.3 is 11.9 Å². The number of rotatable bonds is 12. The first-order chi connectivity index (χ1) is 17.2. The average molecular weight is 500 g/mol. The monoisotopic (exact) mass is 499 g/mol. The molecule has 11 nitrogen and oxygen atoms in total. The molecule has 0 saturated heterocycles. The van der Waals surface area contributed by atoms with Gasteiger partial charge in [-0.25, -0.2) is 4.79 Å². The molecular formula is C25H33N5O6. The van der Waals surface area contributed by atoms with Gasteiger partial charge in [-0.05, 0) is 58.4 Å². The maximum absolute atomic E-state index is 12.8. The third kappa shape index (κ3) is 8.26. The Balaban J connectivity index is 2.03. The molecule has 0 fully saturated rings. The number of carbonyl (C=O) groups is 4. The van der Waals surface area contributed by atoms with Crippen molar-refractivity contribution in [2.75, 3.05) is 19.8 Å². The fourth-order valence-corrected chi connectivity index (χ4v) is 3.47. The van der Waals surface area contributed by atoms with Crippen LogP contribution >= 0.6 is 0 Å². The van der Waals surface area contributed by atoms with Crippen LogP contribution in [0.4, 0.5) is 5.69 Å². The molecule has 0 aliphatic carbocycles. The largest absolute Gasteiger partial charge is 0.466 e. The van der Waals surface area contributed by atoms with Crippen molar-refractivity contribution in [1.29, 1.82) is 0 Å². The number of esters is 2. The topological polar surface area (TPSA) is 165 Å². The Morgan fingerprint density at radius 3 is 2.47 bits per heavy atom. The maximum atomic E-state index is 12.8. The van der Waals surface area contributed by atoms with Crippen LogP contribution in [0, 0.1) is 0 Å². The van der Waals surface area contributed by atoms with E-state index in [1.165, 1.54) is 0 Å². The number of hydrogen-bond donors (Lipinski definition) is 4. The first kappa shape index (κ1) is 28.1. The lowest BCUT2D eigenvalue weighted by Crippen LogP contribution is -2.47. The summed E-state index contributed by atoms with van der Waals surface area (Å²) in [5.74, 6) is -2.39. The minimum absolute atomic E-state index is 0.00165. The highest BCUT2D eigenvalue weighted by Crippen LogP contribution is 2.21. The van der Waals surface area contributed by atoms with Gasteiger partial charge in [0.1, 0.15) is 6.04 Å². The van der Waals surface area contributed by atoms with Crippen LogP contribution in [-0.2, 0) is 28.7 Å². The van der Waals surface area contributed by atoms with Gasteiger partial charge in [0.2, 0.25) is 5.91 Å². The Labute approximate surface area is 209 Å². The van der Waals surface area contributed by atoms with Crippen molar-refractivity contribution in [3.8, 4) is 0 Å². The summed E-state index contributed by atoms with van der Waals surface area (Å²) in [4.78, 5) is 56.7. The van der Waals surface area contributed by atoms with Gasteiger partial charge in [-0.2, -0.15) is 0 Å². The molecule has 0 aliphatic heterocycles. The number of nitrogens with zero attached hydrogens (tertiary/aromatic N) is 1. The molecule has 36 heavy (non-hydrogen) atoms. The van der Waals surface area contributed by atoms with Gasteiger partial charge in [-0.1, -0.05) is 0 Å². The molecular weight excluding hydrogens is 466 g/mol. The van der Waals surface area contributed by atoms with Gasteiger partial charge < -0.3 is 30.8 Å². The Hall–Kier alpha value is -4.15. The van der Waals surface area contributed by atoms with E-state index in [0.717, 1.165) is 10.9 Å². The van der Waals surface area contributed by atoms with Gasteiger partial charge in [-0.3, -0.25) is 19.4 Å². The third-order valence-electron chi connectivity index (χ3n) is 5.08. The molecule has 1 aromatic heterocycles. The minimum atomic E-state index is -1.06. The molecule has 2 rings (SSSR count). The molecule has 2 amide bonds. The van der Waals surface area contributed by atoms with E-state index in [4.69, 9.17) is 15.2 Å². The van der Waals surface area contributed by atoms with E-state index in [0.29, 0.717) is 11.4 Å². The highest BCUT2D eigenvalue weighted by atomic mass is 16.5. The first-order valence-corrected chi connectivity index (χ1v) is 11.6. The quantitative estimate of drug-likeness (QED) is 0.197. The van der Waals surface area contributed by atoms with Crippen LogP contribution in [0.15, 0.2) is 46.7 Å². The van der Waals surface area contributed by atoms with Gasteiger partial charge in [-0.15, -0.1) is 0 Å². The summed E-state index contributed by atoms with van der Waals surface area (Å²) in [5.41, 5.74) is 8.30. The zero-order chi connectivity index (χ0) is 26.7. The summed E-state index contributed by atoms with van der Waals surface area (Å²) in [5, 5.41) is 5.96. The zero-order valence-electron chi connectivity index (χ0n) is 21.0. The first-order valence-electron chi connectivity index (χ1n) is 11.6. The fourth-order valence-electron chi connectivity index (χ4n) is 3.47. The van der Waals surface area contributed by atoms with Gasteiger partial charge in [0.15, 0.2) is 0 Å². The molecule has 11 heteroatoms. The van der Waals surface area contributed by atoms with Gasteiger partial charge in [0.05, 0.1) is 36.7 Å². The molecule has 194 valence electrons. The predicted molar refractivity (Wildman–Crippen MR) is 135 cm³/mol. The van der Waals surface area contributed by atoms with E-state index < -0.39 is 36.3 Å². The van der Waals surface area contributed by atoms with E-state index in [1.807, 2.05) is 30.5 Å². The van der Waals surface area contributed by atoms with Crippen molar-refractivity contribution < 1.29 is 28.7 Å². The Bertz CT molecular complexity index is 1160. The van der Waals surface area contributed by atoms with Crippen LogP contribution in [0.2, 0.25) is 0 Å².